The fourth-order valence-corrected chi connectivity index (χ4v) is 5.60. The maximum absolute atomic E-state index is 12.8. The molecule has 0 aromatic heterocycles. The summed E-state index contributed by atoms with van der Waals surface area (Å²) in [4.78, 5) is 89.6. The predicted octanol–water partition coefficient (Wildman–Crippen LogP) is -2.22. The van der Waals surface area contributed by atoms with Gasteiger partial charge in [0.2, 0.25) is 11.8 Å². The van der Waals surface area contributed by atoms with Crippen molar-refractivity contribution in [2.45, 2.75) is 25.3 Å². The van der Waals surface area contributed by atoms with Gasteiger partial charge in [0, 0.05) is 71.0 Å². The minimum Gasteiger partial charge on any atom is -0.480 e. The van der Waals surface area contributed by atoms with Gasteiger partial charge in [-0.1, -0.05) is 0 Å². The van der Waals surface area contributed by atoms with Crippen molar-refractivity contribution in [3.05, 3.63) is 29.8 Å². The van der Waals surface area contributed by atoms with E-state index in [0.29, 0.717) is 44.5 Å². The molecule has 0 saturated carbocycles. The van der Waals surface area contributed by atoms with Crippen molar-refractivity contribution in [3.8, 4) is 5.75 Å². The highest BCUT2D eigenvalue weighted by atomic mass is 16.7. The first-order valence-electron chi connectivity index (χ1n) is 18.3. The highest BCUT2D eigenvalue weighted by Crippen LogP contribution is 2.13. The van der Waals surface area contributed by atoms with E-state index in [1.54, 1.807) is 26.6 Å². The molecule has 314 valence electrons. The van der Waals surface area contributed by atoms with Gasteiger partial charge < -0.3 is 51.2 Å². The molecule has 1 aliphatic rings. The molecule has 1 aliphatic heterocycles. The van der Waals surface area contributed by atoms with Crippen molar-refractivity contribution in [1.29, 1.82) is 0 Å². The second-order valence-corrected chi connectivity index (χ2v) is 13.0. The van der Waals surface area contributed by atoms with Gasteiger partial charge in [0.15, 0.2) is 0 Å². The summed E-state index contributed by atoms with van der Waals surface area (Å²) in [6, 6.07) is 5.49. The lowest BCUT2D eigenvalue weighted by atomic mass is 10.1. The van der Waals surface area contributed by atoms with E-state index in [1.165, 1.54) is 24.3 Å². The first kappa shape index (κ1) is 47.2. The molecule has 0 bridgehead atoms. The molecule has 1 saturated heterocycles. The van der Waals surface area contributed by atoms with E-state index in [1.807, 2.05) is 0 Å². The molecule has 0 aliphatic carbocycles. The van der Waals surface area contributed by atoms with E-state index in [2.05, 4.69) is 16.0 Å². The van der Waals surface area contributed by atoms with E-state index >= 15 is 0 Å². The number of carboxylic acid groups (broad SMARTS) is 3. The van der Waals surface area contributed by atoms with Crippen LogP contribution in [0.2, 0.25) is 0 Å². The Morgan fingerprint density at radius 2 is 1.18 bits per heavy atom. The number of hydrogen-bond acceptors (Lipinski definition) is 15. The number of ether oxygens (including phenoxy) is 3. The average molecular weight is 797 g/mol. The van der Waals surface area contributed by atoms with Crippen molar-refractivity contribution in [1.82, 2.24) is 35.6 Å². The Labute approximate surface area is 325 Å². The summed E-state index contributed by atoms with van der Waals surface area (Å²) in [5.41, 5.74) is 5.66. The minimum atomic E-state index is -1.04. The zero-order valence-electron chi connectivity index (χ0n) is 31.8. The van der Waals surface area contributed by atoms with Crippen molar-refractivity contribution in [3.63, 3.8) is 0 Å². The Kier molecular flexibility index (Phi) is 22.6. The maximum Gasteiger partial charge on any atom is 0.513 e. The van der Waals surface area contributed by atoms with Crippen LogP contribution in [-0.2, 0) is 33.4 Å². The van der Waals surface area contributed by atoms with Crippen LogP contribution in [0.15, 0.2) is 24.3 Å². The monoisotopic (exact) mass is 796 g/mol. The van der Waals surface area contributed by atoms with Crippen LogP contribution in [-0.4, -0.2) is 201 Å². The summed E-state index contributed by atoms with van der Waals surface area (Å²) in [6.07, 6.45) is 0.959. The quantitative estimate of drug-likeness (QED) is 0.0351. The van der Waals surface area contributed by atoms with Gasteiger partial charge >= 0.3 is 24.1 Å². The Hall–Kier alpha value is -4.93. The summed E-state index contributed by atoms with van der Waals surface area (Å²) >= 11 is 0. The molecular formula is C35H56N8O13. The highest BCUT2D eigenvalue weighted by molar-refractivity contribution is 5.94. The number of carbonyl (C=O) groups is 7. The van der Waals surface area contributed by atoms with Crippen molar-refractivity contribution in [2.24, 2.45) is 5.73 Å². The number of rotatable bonds is 23. The smallest absolute Gasteiger partial charge is 0.480 e. The molecule has 0 radical (unpaired) electrons. The Balaban J connectivity index is 1.70. The number of amides is 3. The third-order valence-electron chi connectivity index (χ3n) is 8.60. The second kappa shape index (κ2) is 26.8. The lowest BCUT2D eigenvalue weighted by Crippen LogP contribution is -2.50. The van der Waals surface area contributed by atoms with Crippen LogP contribution in [0.5, 0.6) is 5.75 Å². The van der Waals surface area contributed by atoms with Gasteiger partial charge in [-0.3, -0.25) is 48.4 Å². The number of aliphatic carboxylic acids is 3. The molecule has 56 heavy (non-hydrogen) atoms. The number of carboxylic acids is 3. The predicted molar refractivity (Wildman–Crippen MR) is 199 cm³/mol. The summed E-state index contributed by atoms with van der Waals surface area (Å²) < 4.78 is 15.6. The topological polar surface area (TPSA) is 283 Å². The van der Waals surface area contributed by atoms with Gasteiger partial charge in [-0.25, -0.2) is 4.79 Å². The van der Waals surface area contributed by atoms with Gasteiger partial charge in [0.25, 0.3) is 5.91 Å². The first-order chi connectivity index (χ1) is 26.7. The summed E-state index contributed by atoms with van der Waals surface area (Å²) in [5.74, 6) is -4.01. The normalized spacial score (nSPS) is 15.7. The molecule has 21 heteroatoms. The van der Waals surface area contributed by atoms with Crippen LogP contribution < -0.4 is 26.4 Å². The summed E-state index contributed by atoms with van der Waals surface area (Å²) in [5, 5.41) is 36.4. The van der Waals surface area contributed by atoms with Gasteiger partial charge in [-0.05, 0) is 50.6 Å². The number of nitrogens with zero attached hydrogens (tertiary/aromatic N) is 4. The van der Waals surface area contributed by atoms with Crippen LogP contribution in [0.1, 0.15) is 29.6 Å². The Morgan fingerprint density at radius 3 is 1.64 bits per heavy atom. The zero-order chi connectivity index (χ0) is 41.3. The molecule has 1 aromatic rings. The van der Waals surface area contributed by atoms with E-state index < -0.39 is 36.0 Å². The fourth-order valence-electron chi connectivity index (χ4n) is 5.60. The number of primary amides is 1. The fraction of sp³-hybridized carbons (Fsp3) is 0.629. The molecule has 3 amide bonds. The maximum atomic E-state index is 12.8. The number of carbonyl (C=O) groups excluding carboxylic acids is 4. The number of likely N-dealkylation sites (N-methyl/N-ethyl adjacent to an activating group) is 1. The number of nitrogens with one attached hydrogen (secondary N) is 3. The molecule has 1 atom stereocenters. The molecule has 1 aromatic carbocycles. The molecular weight excluding hydrogens is 740 g/mol. The SMILES string of the molecule is CN[C@@H](CCCCNC(=O)c1ccc(OC(=O)OCCOCCNC(=O)CN2CCN(CC(=O)O)CCN(CC(=O)O)CCN(CC(=O)O)CC2)cc1)C(N)=O. The molecule has 1 fully saturated rings. The summed E-state index contributed by atoms with van der Waals surface area (Å²) in [6.45, 7) is 2.03. The number of nitrogens with two attached hydrogens (primary N) is 1. The Bertz CT molecular complexity index is 1390. The van der Waals surface area contributed by atoms with Crippen LogP contribution in [0.25, 0.3) is 0 Å². The largest absolute Gasteiger partial charge is 0.513 e. The second-order valence-electron chi connectivity index (χ2n) is 13.0. The zero-order valence-corrected chi connectivity index (χ0v) is 31.8. The minimum absolute atomic E-state index is 0.0249. The van der Waals surface area contributed by atoms with E-state index in [9.17, 15) is 48.9 Å². The van der Waals surface area contributed by atoms with Crippen LogP contribution >= 0.6 is 0 Å². The van der Waals surface area contributed by atoms with Crippen molar-refractivity contribution >= 4 is 41.8 Å². The van der Waals surface area contributed by atoms with Crippen LogP contribution in [0.3, 0.4) is 0 Å². The summed E-state index contributed by atoms with van der Waals surface area (Å²) in [7, 11) is 1.66. The number of benzene rings is 1. The van der Waals surface area contributed by atoms with E-state index in [-0.39, 0.29) is 109 Å². The van der Waals surface area contributed by atoms with E-state index in [0.717, 1.165) is 0 Å². The molecule has 0 spiro atoms. The van der Waals surface area contributed by atoms with Crippen molar-refractivity contribution < 1.29 is 63.1 Å². The molecule has 0 unspecified atom stereocenters. The van der Waals surface area contributed by atoms with Crippen LogP contribution in [0, 0.1) is 0 Å². The molecule has 2 rings (SSSR count). The first-order valence-corrected chi connectivity index (χ1v) is 18.3. The number of unbranched alkanes of at least 4 members (excludes halogenated alkanes) is 1. The molecule has 8 N–H and O–H groups in total. The van der Waals surface area contributed by atoms with Gasteiger partial charge in [-0.2, -0.15) is 0 Å². The lowest BCUT2D eigenvalue weighted by molar-refractivity contribution is -0.140. The lowest BCUT2D eigenvalue weighted by Gasteiger charge is -2.32. The third-order valence-corrected chi connectivity index (χ3v) is 8.60. The van der Waals surface area contributed by atoms with Crippen molar-refractivity contribution in [2.75, 3.05) is 118 Å². The average Bonchev–Trinajstić information content (AvgIpc) is 3.13. The van der Waals surface area contributed by atoms with Gasteiger partial charge in [0.05, 0.1) is 45.4 Å². The Morgan fingerprint density at radius 1 is 0.679 bits per heavy atom. The highest BCUT2D eigenvalue weighted by Gasteiger charge is 2.21. The number of hydrogen-bond donors (Lipinski definition) is 7. The molecule has 21 nitrogen and oxygen atoms in total. The van der Waals surface area contributed by atoms with E-state index in [4.69, 9.17) is 19.9 Å². The van der Waals surface area contributed by atoms with Gasteiger partial charge in [-0.15, -0.1) is 0 Å². The molecule has 1 heterocycles. The van der Waals surface area contributed by atoms with Crippen LogP contribution in [0.4, 0.5) is 4.79 Å². The third kappa shape index (κ3) is 21.2. The standard InChI is InChI=1S/C35H56N8O13/c1-37-28(33(36)51)4-2-3-9-39-34(52)26-5-7-27(8-6-26)56-35(53)55-21-20-54-19-10-38-29(44)22-40-11-13-41(23-30(45)46)15-17-43(25-32(49)50)18-16-42(14-12-40)24-31(47)48/h5-8,28,37H,2-4,9-25H2,1H3,(H2,36,51)(H,38,44)(H,39,52)(H,45,46)(H,47,48)(H,49,50)/t28-/m0/s1. The van der Waals surface area contributed by atoms with Gasteiger partial charge in [0.1, 0.15) is 12.4 Å².